The first-order valence-corrected chi connectivity index (χ1v) is 9.09. The molecule has 0 radical (unpaired) electrons. The lowest BCUT2D eigenvalue weighted by Gasteiger charge is -2.11. The molecule has 0 aliphatic carbocycles. The lowest BCUT2D eigenvalue weighted by molar-refractivity contribution is -0.121. The molecule has 2 aromatic rings. The van der Waals surface area contributed by atoms with Crippen LogP contribution in [0.2, 0.25) is 0 Å². The summed E-state index contributed by atoms with van der Waals surface area (Å²) >= 11 is 0. The van der Waals surface area contributed by atoms with Crippen molar-refractivity contribution in [1.29, 1.82) is 0 Å². The largest absolute Gasteiger partial charge is 0.352 e. The van der Waals surface area contributed by atoms with Crippen LogP contribution in [0.25, 0.3) is 10.9 Å². The molecule has 1 N–H and O–H groups in total. The average molecular weight is 336 g/mol. The van der Waals surface area contributed by atoms with Gasteiger partial charge in [-0.1, -0.05) is 17.3 Å². The van der Waals surface area contributed by atoms with Crippen molar-refractivity contribution in [2.75, 3.05) is 11.5 Å². The van der Waals surface area contributed by atoms with Gasteiger partial charge in [-0.2, -0.15) is 0 Å². The van der Waals surface area contributed by atoms with Gasteiger partial charge in [-0.05, 0) is 18.6 Å². The molecule has 1 aliphatic heterocycles. The number of benzene rings is 1. The standard InChI is InChI=1S/C14H16N4O4S/c19-13(15-10-6-8-23(21,22)9-10)5-7-18-14(20)11-3-1-2-4-12(11)16-17-18/h1-4,10H,5-9H2,(H,15,19). The molecule has 1 aliphatic rings. The van der Waals surface area contributed by atoms with E-state index >= 15 is 0 Å². The fourth-order valence-corrected chi connectivity index (χ4v) is 4.26. The van der Waals surface area contributed by atoms with E-state index in [1.165, 1.54) is 0 Å². The van der Waals surface area contributed by atoms with Gasteiger partial charge in [-0.25, -0.2) is 13.1 Å². The average Bonchev–Trinajstić information content (AvgIpc) is 2.85. The molecular formula is C14H16N4O4S. The maximum atomic E-state index is 12.2. The molecule has 23 heavy (non-hydrogen) atoms. The van der Waals surface area contributed by atoms with E-state index in [-0.39, 0.29) is 42.0 Å². The molecule has 122 valence electrons. The number of fused-ring (bicyclic) bond motifs is 1. The van der Waals surface area contributed by atoms with E-state index in [1.54, 1.807) is 24.3 Å². The molecule has 1 saturated heterocycles. The third-order valence-corrected chi connectivity index (χ3v) is 5.55. The lowest BCUT2D eigenvalue weighted by atomic mass is 10.2. The van der Waals surface area contributed by atoms with Gasteiger partial charge in [0.2, 0.25) is 5.91 Å². The first-order chi connectivity index (χ1) is 10.9. The quantitative estimate of drug-likeness (QED) is 0.804. The summed E-state index contributed by atoms with van der Waals surface area (Å²) in [6.07, 6.45) is 0.479. The van der Waals surface area contributed by atoms with Gasteiger partial charge >= 0.3 is 0 Å². The van der Waals surface area contributed by atoms with Crippen LogP contribution in [0, 0.1) is 0 Å². The van der Waals surface area contributed by atoms with Gasteiger partial charge < -0.3 is 5.32 Å². The second-order valence-corrected chi connectivity index (χ2v) is 7.78. The Bertz CT molecular complexity index is 906. The number of sulfone groups is 1. The van der Waals surface area contributed by atoms with E-state index in [9.17, 15) is 18.0 Å². The maximum Gasteiger partial charge on any atom is 0.277 e. The number of aromatic nitrogens is 3. The van der Waals surface area contributed by atoms with E-state index in [1.807, 2.05) is 0 Å². The lowest BCUT2D eigenvalue weighted by Crippen LogP contribution is -2.36. The Morgan fingerprint density at radius 1 is 1.35 bits per heavy atom. The van der Waals surface area contributed by atoms with Crippen LogP contribution in [-0.4, -0.2) is 46.9 Å². The van der Waals surface area contributed by atoms with Gasteiger partial charge in [0.25, 0.3) is 5.56 Å². The van der Waals surface area contributed by atoms with Gasteiger partial charge in [0.05, 0.1) is 23.4 Å². The maximum absolute atomic E-state index is 12.2. The molecular weight excluding hydrogens is 320 g/mol. The van der Waals surface area contributed by atoms with Gasteiger partial charge in [0.15, 0.2) is 9.84 Å². The topological polar surface area (TPSA) is 111 Å². The smallest absolute Gasteiger partial charge is 0.277 e. The summed E-state index contributed by atoms with van der Waals surface area (Å²) in [7, 11) is -3.03. The highest BCUT2D eigenvalue weighted by Gasteiger charge is 2.28. The number of nitrogens with one attached hydrogen (secondary N) is 1. The zero-order valence-electron chi connectivity index (χ0n) is 12.3. The number of hydrogen-bond acceptors (Lipinski definition) is 6. The molecule has 1 unspecified atom stereocenters. The molecule has 1 amide bonds. The molecule has 0 saturated carbocycles. The van der Waals surface area contributed by atoms with Crippen molar-refractivity contribution in [2.45, 2.75) is 25.4 Å². The highest BCUT2D eigenvalue weighted by atomic mass is 32.2. The minimum atomic E-state index is -3.03. The number of nitrogens with zero attached hydrogens (tertiary/aromatic N) is 3. The van der Waals surface area contributed by atoms with E-state index < -0.39 is 9.84 Å². The second-order valence-electron chi connectivity index (χ2n) is 5.55. The molecule has 1 aromatic carbocycles. The van der Waals surface area contributed by atoms with Crippen molar-refractivity contribution in [1.82, 2.24) is 20.3 Å². The number of carbonyl (C=O) groups is 1. The Kier molecular flexibility index (Phi) is 4.12. The molecule has 1 atom stereocenters. The van der Waals surface area contributed by atoms with E-state index in [0.717, 1.165) is 4.68 Å². The fourth-order valence-electron chi connectivity index (χ4n) is 2.59. The summed E-state index contributed by atoms with van der Waals surface area (Å²) in [6.45, 7) is 0.0992. The van der Waals surface area contributed by atoms with Crippen LogP contribution in [0.5, 0.6) is 0 Å². The van der Waals surface area contributed by atoms with Crippen LogP contribution in [0.15, 0.2) is 29.1 Å². The predicted molar refractivity (Wildman–Crippen MR) is 83.6 cm³/mol. The third-order valence-electron chi connectivity index (χ3n) is 3.78. The molecule has 0 spiro atoms. The molecule has 2 heterocycles. The Labute approximate surface area is 132 Å². The van der Waals surface area contributed by atoms with Gasteiger partial charge in [0, 0.05) is 12.5 Å². The summed E-state index contributed by atoms with van der Waals surface area (Å²) in [4.78, 5) is 24.1. The molecule has 1 aromatic heterocycles. The Morgan fingerprint density at radius 3 is 2.87 bits per heavy atom. The van der Waals surface area contributed by atoms with Crippen LogP contribution >= 0.6 is 0 Å². The van der Waals surface area contributed by atoms with Crippen molar-refractivity contribution >= 4 is 26.6 Å². The minimum Gasteiger partial charge on any atom is -0.352 e. The van der Waals surface area contributed by atoms with Gasteiger partial charge in [0.1, 0.15) is 5.52 Å². The summed E-state index contributed by atoms with van der Waals surface area (Å²) in [5, 5.41) is 10.9. The third kappa shape index (κ3) is 3.55. The monoisotopic (exact) mass is 336 g/mol. The second kappa shape index (κ2) is 6.07. The number of hydrogen-bond donors (Lipinski definition) is 1. The molecule has 9 heteroatoms. The van der Waals surface area contributed by atoms with E-state index in [4.69, 9.17) is 0 Å². The summed E-state index contributed by atoms with van der Waals surface area (Å²) in [5.41, 5.74) is 0.209. The van der Waals surface area contributed by atoms with Crippen LogP contribution < -0.4 is 10.9 Å². The highest BCUT2D eigenvalue weighted by Crippen LogP contribution is 2.11. The van der Waals surface area contributed by atoms with Crippen molar-refractivity contribution < 1.29 is 13.2 Å². The Hall–Kier alpha value is -2.29. The van der Waals surface area contributed by atoms with Crippen LogP contribution in [0.3, 0.4) is 0 Å². The van der Waals surface area contributed by atoms with Crippen molar-refractivity contribution in [3.8, 4) is 0 Å². The van der Waals surface area contributed by atoms with Gasteiger partial charge in [-0.15, -0.1) is 5.10 Å². The SMILES string of the molecule is O=C(CCn1nnc2ccccc2c1=O)NC1CCS(=O)(=O)C1. The minimum absolute atomic E-state index is 0.0194. The fraction of sp³-hybridized carbons (Fsp3) is 0.429. The van der Waals surface area contributed by atoms with Crippen molar-refractivity contribution in [3.63, 3.8) is 0 Å². The van der Waals surface area contributed by atoms with Crippen LogP contribution in [0.1, 0.15) is 12.8 Å². The predicted octanol–water partition coefficient (Wildman–Crippen LogP) is -0.515. The first-order valence-electron chi connectivity index (χ1n) is 7.27. The van der Waals surface area contributed by atoms with E-state index in [0.29, 0.717) is 17.3 Å². The molecule has 3 rings (SSSR count). The number of carbonyl (C=O) groups excluding carboxylic acids is 1. The molecule has 8 nitrogen and oxygen atoms in total. The highest BCUT2D eigenvalue weighted by molar-refractivity contribution is 7.91. The van der Waals surface area contributed by atoms with Crippen molar-refractivity contribution in [2.24, 2.45) is 0 Å². The van der Waals surface area contributed by atoms with Crippen LogP contribution in [-0.2, 0) is 21.2 Å². The Morgan fingerprint density at radius 2 is 2.13 bits per heavy atom. The Balaban J connectivity index is 1.63. The zero-order valence-corrected chi connectivity index (χ0v) is 13.1. The normalized spacial score (nSPS) is 19.7. The molecule has 0 bridgehead atoms. The number of aryl methyl sites for hydroxylation is 1. The van der Waals surface area contributed by atoms with Gasteiger partial charge in [-0.3, -0.25) is 9.59 Å². The molecule has 1 fully saturated rings. The zero-order chi connectivity index (χ0) is 16.4. The summed E-state index contributed by atoms with van der Waals surface area (Å²) in [5.74, 6) is -0.212. The summed E-state index contributed by atoms with van der Waals surface area (Å²) in [6, 6.07) is 6.52. The summed E-state index contributed by atoms with van der Waals surface area (Å²) < 4.78 is 23.9. The van der Waals surface area contributed by atoms with Crippen LogP contribution in [0.4, 0.5) is 0 Å². The van der Waals surface area contributed by atoms with E-state index in [2.05, 4.69) is 15.6 Å². The first kappa shape index (κ1) is 15.6. The van der Waals surface area contributed by atoms with Crippen molar-refractivity contribution in [3.05, 3.63) is 34.6 Å². The number of rotatable bonds is 4. The number of amides is 1.